The van der Waals surface area contributed by atoms with Gasteiger partial charge < -0.3 is 4.40 Å². The van der Waals surface area contributed by atoms with Crippen LogP contribution in [0.15, 0.2) is 91.1 Å². The molecule has 4 aromatic carbocycles. The Kier molecular flexibility index (Phi) is 4.65. The second-order valence-corrected chi connectivity index (χ2v) is 10.5. The maximum Gasteiger partial charge on any atom is 0.122 e. The average molecular weight is 463 g/mol. The molecule has 0 saturated heterocycles. The zero-order valence-corrected chi connectivity index (χ0v) is 20.7. The van der Waals surface area contributed by atoms with Crippen molar-refractivity contribution in [3.8, 4) is 16.8 Å². The molecular weight excluding hydrogens is 436 g/mol. The molecule has 0 saturated carbocycles. The molecule has 2 nitrogen and oxygen atoms in total. The van der Waals surface area contributed by atoms with E-state index in [2.05, 4.69) is 128 Å². The number of aromatic nitrogens is 2. The lowest BCUT2D eigenvalue weighted by molar-refractivity contribution is 0.596. The summed E-state index contributed by atoms with van der Waals surface area (Å²) in [6.07, 6.45) is 2.11. The van der Waals surface area contributed by atoms with Crippen LogP contribution in [0, 0.1) is 6.92 Å². The Morgan fingerprint density at radius 1 is 0.706 bits per heavy atom. The van der Waals surface area contributed by atoms with Crippen molar-refractivity contribution in [3.05, 3.63) is 107 Å². The first-order valence-corrected chi connectivity index (χ1v) is 12.1. The average Bonchev–Trinajstić information content (AvgIpc) is 3.40. The fourth-order valence-corrected chi connectivity index (χ4v) is 5.58. The lowest BCUT2D eigenvalue weighted by atomic mass is 9.82. The highest BCUT2D eigenvalue weighted by atomic mass is 35.5. The van der Waals surface area contributed by atoms with Crippen LogP contribution in [-0.4, -0.2) is 8.97 Å². The predicted molar refractivity (Wildman–Crippen MR) is 146 cm³/mol. The molecule has 0 atom stereocenters. The summed E-state index contributed by atoms with van der Waals surface area (Å²) in [6.45, 7) is 8.96. The van der Waals surface area contributed by atoms with Crippen molar-refractivity contribution in [3.63, 3.8) is 0 Å². The van der Waals surface area contributed by atoms with Gasteiger partial charge in [0, 0.05) is 11.8 Å². The monoisotopic (exact) mass is 462 g/mol. The minimum absolute atomic E-state index is 0.0599. The van der Waals surface area contributed by atoms with Crippen LogP contribution in [0.5, 0.6) is 0 Å². The van der Waals surface area contributed by atoms with Gasteiger partial charge in [0.2, 0.25) is 0 Å². The topological polar surface area (TPSA) is 9.34 Å². The Balaban J connectivity index is 1.67. The summed E-state index contributed by atoms with van der Waals surface area (Å²) in [5, 5.41) is 3.29. The Morgan fingerprint density at radius 3 is 2.18 bits per heavy atom. The second-order valence-electron chi connectivity index (χ2n) is 10.2. The number of fused-ring (bicyclic) bond motifs is 4. The van der Waals surface area contributed by atoms with Gasteiger partial charge in [0.25, 0.3) is 0 Å². The number of benzene rings is 4. The minimum atomic E-state index is 0.0599. The molecule has 6 rings (SSSR count). The number of para-hydroxylation sites is 2. The fourth-order valence-electron chi connectivity index (χ4n) is 5.29. The highest BCUT2D eigenvalue weighted by Crippen LogP contribution is 2.42. The van der Waals surface area contributed by atoms with Gasteiger partial charge in [0.15, 0.2) is 0 Å². The number of halogens is 1. The largest absolute Gasteiger partial charge is 0.301 e. The molecular formula is C31H27ClN2. The molecule has 2 aromatic heterocycles. The molecule has 0 bridgehead atoms. The van der Waals surface area contributed by atoms with E-state index in [0.29, 0.717) is 0 Å². The molecule has 6 aromatic rings. The molecule has 3 heteroatoms. The third-order valence-corrected chi connectivity index (χ3v) is 7.20. The molecule has 0 aliphatic rings. The van der Waals surface area contributed by atoms with Gasteiger partial charge in [0.05, 0.1) is 21.7 Å². The van der Waals surface area contributed by atoms with E-state index in [1.165, 1.54) is 33.0 Å². The van der Waals surface area contributed by atoms with Crippen LogP contribution in [0.25, 0.3) is 44.3 Å². The Labute approximate surface area is 205 Å². The lowest BCUT2D eigenvalue weighted by Gasteiger charge is -2.23. The maximum atomic E-state index is 7.27. The fraction of sp³-hybridized carbons (Fsp3) is 0.161. The summed E-state index contributed by atoms with van der Waals surface area (Å²) in [6, 6.07) is 30.3. The first-order chi connectivity index (χ1) is 16.3. The zero-order valence-electron chi connectivity index (χ0n) is 19.9. The maximum absolute atomic E-state index is 7.27. The molecule has 0 aliphatic heterocycles. The predicted octanol–water partition coefficient (Wildman–Crippen LogP) is 8.96. The standard InChI is InChI=1S/C31H27ClN2/c1-20-18-24(22-15-16-25(31(2,3)4)23-11-6-5-10-21(22)23)30(32)28(19-20)34-27-13-8-7-12-26(27)33-17-9-14-29(33)34/h5-19H,1-4H3. The molecule has 0 aliphatic carbocycles. The summed E-state index contributed by atoms with van der Waals surface area (Å²) in [5.41, 5.74) is 9.24. The van der Waals surface area contributed by atoms with Gasteiger partial charge in [-0.05, 0) is 76.2 Å². The van der Waals surface area contributed by atoms with E-state index >= 15 is 0 Å². The lowest BCUT2D eigenvalue weighted by Crippen LogP contribution is -2.11. The smallest absolute Gasteiger partial charge is 0.122 e. The molecule has 0 spiro atoms. The van der Waals surface area contributed by atoms with Crippen LogP contribution < -0.4 is 0 Å². The summed E-state index contributed by atoms with van der Waals surface area (Å²) in [4.78, 5) is 0. The van der Waals surface area contributed by atoms with Crippen LogP contribution in [0.3, 0.4) is 0 Å². The molecule has 168 valence electrons. The van der Waals surface area contributed by atoms with E-state index in [0.717, 1.165) is 27.4 Å². The van der Waals surface area contributed by atoms with Crippen molar-refractivity contribution in [2.75, 3.05) is 0 Å². The van der Waals surface area contributed by atoms with Gasteiger partial charge in [-0.3, -0.25) is 4.57 Å². The molecule has 0 unspecified atom stereocenters. The molecule has 0 fully saturated rings. The highest BCUT2D eigenvalue weighted by molar-refractivity contribution is 6.35. The van der Waals surface area contributed by atoms with Crippen LogP contribution in [-0.2, 0) is 5.41 Å². The van der Waals surface area contributed by atoms with Crippen molar-refractivity contribution >= 4 is 39.1 Å². The van der Waals surface area contributed by atoms with E-state index in [4.69, 9.17) is 11.6 Å². The normalized spacial score (nSPS) is 12.3. The van der Waals surface area contributed by atoms with Crippen LogP contribution >= 0.6 is 11.6 Å². The van der Waals surface area contributed by atoms with Crippen molar-refractivity contribution in [2.24, 2.45) is 0 Å². The van der Waals surface area contributed by atoms with Crippen LogP contribution in [0.2, 0.25) is 5.02 Å². The van der Waals surface area contributed by atoms with Crippen LogP contribution in [0.1, 0.15) is 31.9 Å². The van der Waals surface area contributed by atoms with Crippen molar-refractivity contribution < 1.29 is 0 Å². The van der Waals surface area contributed by atoms with Gasteiger partial charge in [-0.1, -0.05) is 80.9 Å². The van der Waals surface area contributed by atoms with E-state index in [1.807, 2.05) is 0 Å². The van der Waals surface area contributed by atoms with Crippen molar-refractivity contribution in [2.45, 2.75) is 33.1 Å². The molecule has 0 radical (unpaired) electrons. The number of nitrogens with zero attached hydrogens (tertiary/aromatic N) is 2. The Hall–Kier alpha value is -3.49. The van der Waals surface area contributed by atoms with Gasteiger partial charge in [-0.15, -0.1) is 0 Å². The second kappa shape index (κ2) is 7.51. The van der Waals surface area contributed by atoms with Crippen molar-refractivity contribution in [1.29, 1.82) is 0 Å². The highest BCUT2D eigenvalue weighted by Gasteiger charge is 2.21. The number of imidazole rings is 1. The summed E-state index contributed by atoms with van der Waals surface area (Å²) in [7, 11) is 0. The van der Waals surface area contributed by atoms with E-state index in [9.17, 15) is 0 Å². The van der Waals surface area contributed by atoms with Gasteiger partial charge in [-0.2, -0.15) is 0 Å². The SMILES string of the molecule is Cc1cc(-c2ccc(C(C)(C)C)c3ccccc23)c(Cl)c(-n2c3ccccc3n3cccc23)c1. The third-order valence-electron chi connectivity index (χ3n) is 6.80. The number of aryl methyl sites for hydroxylation is 1. The van der Waals surface area contributed by atoms with Crippen molar-refractivity contribution in [1.82, 2.24) is 8.97 Å². The zero-order chi connectivity index (χ0) is 23.6. The van der Waals surface area contributed by atoms with Crippen LogP contribution in [0.4, 0.5) is 0 Å². The number of hydrogen-bond donors (Lipinski definition) is 0. The van der Waals surface area contributed by atoms with Gasteiger partial charge in [-0.25, -0.2) is 0 Å². The van der Waals surface area contributed by atoms with Gasteiger partial charge >= 0.3 is 0 Å². The van der Waals surface area contributed by atoms with Gasteiger partial charge in [0.1, 0.15) is 5.65 Å². The molecule has 0 N–H and O–H groups in total. The molecule has 0 amide bonds. The number of hydrogen-bond acceptors (Lipinski definition) is 0. The van der Waals surface area contributed by atoms with E-state index < -0.39 is 0 Å². The third kappa shape index (κ3) is 3.09. The quantitative estimate of drug-likeness (QED) is 0.243. The minimum Gasteiger partial charge on any atom is -0.301 e. The molecule has 34 heavy (non-hydrogen) atoms. The first-order valence-electron chi connectivity index (χ1n) is 11.7. The Bertz CT molecular complexity index is 1710. The summed E-state index contributed by atoms with van der Waals surface area (Å²) < 4.78 is 4.50. The number of rotatable bonds is 2. The summed E-state index contributed by atoms with van der Waals surface area (Å²) in [5.74, 6) is 0. The first kappa shape index (κ1) is 21.1. The molecule has 2 heterocycles. The van der Waals surface area contributed by atoms with E-state index in [-0.39, 0.29) is 5.41 Å². The van der Waals surface area contributed by atoms with E-state index in [1.54, 1.807) is 0 Å². The Morgan fingerprint density at radius 2 is 1.41 bits per heavy atom. The summed E-state index contributed by atoms with van der Waals surface area (Å²) >= 11 is 7.27.